The van der Waals surface area contributed by atoms with Crippen molar-refractivity contribution in [3.8, 4) is 5.75 Å². The van der Waals surface area contributed by atoms with E-state index in [9.17, 15) is 0 Å². The predicted octanol–water partition coefficient (Wildman–Crippen LogP) is 4.68. The van der Waals surface area contributed by atoms with Crippen LogP contribution in [0, 0.1) is 0 Å². The van der Waals surface area contributed by atoms with Crippen LogP contribution in [0.15, 0.2) is 22.7 Å². The van der Waals surface area contributed by atoms with Crippen molar-refractivity contribution in [2.75, 3.05) is 7.11 Å². The normalized spacial score (nSPS) is 23.9. The van der Waals surface area contributed by atoms with E-state index in [-0.39, 0.29) is 6.10 Å². The largest absolute Gasteiger partial charge is 0.490 e. The van der Waals surface area contributed by atoms with E-state index in [1.54, 1.807) is 7.11 Å². The fourth-order valence-corrected chi connectivity index (χ4v) is 3.57. The average molecular weight is 378 g/mol. The molecule has 4 heteroatoms. The van der Waals surface area contributed by atoms with Crippen LogP contribution in [0.1, 0.15) is 31.2 Å². The van der Waals surface area contributed by atoms with E-state index in [2.05, 4.69) is 37.9 Å². The van der Waals surface area contributed by atoms with Gasteiger partial charge in [0.05, 0.1) is 6.10 Å². The Morgan fingerprint density at radius 3 is 2.78 bits per heavy atom. The molecule has 2 unspecified atom stereocenters. The van der Waals surface area contributed by atoms with Crippen LogP contribution in [0.4, 0.5) is 0 Å². The van der Waals surface area contributed by atoms with Gasteiger partial charge in [-0.1, -0.05) is 31.9 Å². The molecule has 1 aromatic rings. The van der Waals surface area contributed by atoms with E-state index in [4.69, 9.17) is 9.47 Å². The molecule has 2 atom stereocenters. The fourth-order valence-electron chi connectivity index (χ4n) is 2.34. The molecule has 0 bridgehead atoms. The van der Waals surface area contributed by atoms with Crippen LogP contribution in [0.25, 0.3) is 0 Å². The molecular weight excluding hydrogens is 360 g/mol. The van der Waals surface area contributed by atoms with Crippen molar-refractivity contribution in [2.24, 2.45) is 0 Å². The van der Waals surface area contributed by atoms with Crippen molar-refractivity contribution < 1.29 is 9.47 Å². The second-order valence-electron chi connectivity index (χ2n) is 4.65. The van der Waals surface area contributed by atoms with Gasteiger partial charge in [0, 0.05) is 23.3 Å². The van der Waals surface area contributed by atoms with Crippen molar-refractivity contribution >= 4 is 31.9 Å². The zero-order chi connectivity index (χ0) is 13.0. The molecule has 2 nitrogen and oxygen atoms in total. The van der Waals surface area contributed by atoms with Crippen LogP contribution >= 0.6 is 31.9 Å². The molecule has 2 rings (SSSR count). The maximum atomic E-state index is 6.06. The van der Waals surface area contributed by atoms with Gasteiger partial charge in [0.1, 0.15) is 11.9 Å². The molecule has 0 N–H and O–H groups in total. The van der Waals surface area contributed by atoms with Crippen molar-refractivity contribution in [1.29, 1.82) is 0 Å². The van der Waals surface area contributed by atoms with Gasteiger partial charge < -0.3 is 9.47 Å². The SMILES string of the molecule is COC1CCCC(Oc2ccc(Br)c(CBr)c2)C1. The number of hydrogen-bond donors (Lipinski definition) is 0. The Hall–Kier alpha value is -0.0600. The summed E-state index contributed by atoms with van der Waals surface area (Å²) in [4.78, 5) is 0. The highest BCUT2D eigenvalue weighted by Crippen LogP contribution is 2.28. The van der Waals surface area contributed by atoms with E-state index >= 15 is 0 Å². The highest BCUT2D eigenvalue weighted by molar-refractivity contribution is 9.10. The van der Waals surface area contributed by atoms with Gasteiger partial charge in [-0.15, -0.1) is 0 Å². The number of hydrogen-bond acceptors (Lipinski definition) is 2. The van der Waals surface area contributed by atoms with Gasteiger partial charge in [-0.2, -0.15) is 0 Å². The fraction of sp³-hybridized carbons (Fsp3) is 0.571. The smallest absolute Gasteiger partial charge is 0.120 e. The Labute approximate surface area is 125 Å². The Kier molecular flexibility index (Phi) is 5.52. The van der Waals surface area contributed by atoms with E-state index < -0.39 is 0 Å². The van der Waals surface area contributed by atoms with E-state index in [1.807, 2.05) is 12.1 Å². The summed E-state index contributed by atoms with van der Waals surface area (Å²) < 4.78 is 12.6. The lowest BCUT2D eigenvalue weighted by Crippen LogP contribution is -2.29. The van der Waals surface area contributed by atoms with Crippen LogP contribution in [-0.2, 0) is 10.1 Å². The zero-order valence-corrected chi connectivity index (χ0v) is 13.7. The summed E-state index contributed by atoms with van der Waals surface area (Å²) in [5, 5.41) is 0.830. The average Bonchev–Trinajstić information content (AvgIpc) is 2.41. The van der Waals surface area contributed by atoms with E-state index in [0.29, 0.717) is 6.10 Å². The number of methoxy groups -OCH3 is 1. The van der Waals surface area contributed by atoms with Crippen molar-refractivity contribution in [2.45, 2.75) is 43.2 Å². The topological polar surface area (TPSA) is 18.5 Å². The molecule has 0 aliphatic heterocycles. The summed E-state index contributed by atoms with van der Waals surface area (Å²) in [6.45, 7) is 0. The highest BCUT2D eigenvalue weighted by atomic mass is 79.9. The Balaban J connectivity index is 2.00. The molecule has 0 aromatic heterocycles. The van der Waals surface area contributed by atoms with Gasteiger partial charge in [-0.25, -0.2) is 0 Å². The standard InChI is InChI=1S/C14H18Br2O2/c1-17-11-3-2-4-12(8-11)18-13-5-6-14(16)10(7-13)9-15/h5-7,11-12H,2-4,8-9H2,1H3. The number of ether oxygens (including phenoxy) is 2. The number of alkyl halides is 1. The van der Waals surface area contributed by atoms with Gasteiger partial charge in [0.2, 0.25) is 0 Å². The van der Waals surface area contributed by atoms with Crippen LogP contribution in [-0.4, -0.2) is 19.3 Å². The Morgan fingerprint density at radius 2 is 2.06 bits per heavy atom. The first-order valence-corrected chi connectivity index (χ1v) is 8.18. The van der Waals surface area contributed by atoms with E-state index in [0.717, 1.165) is 34.8 Å². The van der Waals surface area contributed by atoms with Crippen LogP contribution in [0.3, 0.4) is 0 Å². The summed E-state index contributed by atoms with van der Waals surface area (Å²) in [5.74, 6) is 0.953. The quantitative estimate of drug-likeness (QED) is 0.709. The molecule has 100 valence electrons. The first-order valence-electron chi connectivity index (χ1n) is 6.26. The molecule has 1 aromatic carbocycles. The molecule has 1 fully saturated rings. The van der Waals surface area contributed by atoms with Gasteiger partial charge in [-0.05, 0) is 43.0 Å². The van der Waals surface area contributed by atoms with Crippen molar-refractivity contribution in [3.05, 3.63) is 28.2 Å². The molecule has 0 saturated heterocycles. The minimum atomic E-state index is 0.285. The molecule has 1 aliphatic carbocycles. The Bertz CT molecular complexity index is 395. The monoisotopic (exact) mass is 376 g/mol. The molecule has 0 spiro atoms. The van der Waals surface area contributed by atoms with Gasteiger partial charge in [0.15, 0.2) is 0 Å². The third-order valence-electron chi connectivity index (χ3n) is 3.38. The third kappa shape index (κ3) is 3.72. The lowest BCUT2D eigenvalue weighted by molar-refractivity contribution is 0.0209. The van der Waals surface area contributed by atoms with Gasteiger partial charge in [0.25, 0.3) is 0 Å². The van der Waals surface area contributed by atoms with Gasteiger partial charge in [-0.3, -0.25) is 0 Å². The summed E-state index contributed by atoms with van der Waals surface area (Å²) >= 11 is 7.01. The molecule has 18 heavy (non-hydrogen) atoms. The molecule has 1 aliphatic rings. The molecule has 0 amide bonds. The summed E-state index contributed by atoms with van der Waals surface area (Å²) in [7, 11) is 1.79. The lowest BCUT2D eigenvalue weighted by atomic mass is 9.95. The number of benzene rings is 1. The van der Waals surface area contributed by atoms with Crippen LogP contribution < -0.4 is 4.74 Å². The Morgan fingerprint density at radius 1 is 1.28 bits per heavy atom. The predicted molar refractivity (Wildman–Crippen MR) is 80.5 cm³/mol. The van der Waals surface area contributed by atoms with Crippen molar-refractivity contribution in [3.63, 3.8) is 0 Å². The summed E-state index contributed by atoms with van der Waals surface area (Å²) in [5.41, 5.74) is 1.21. The first kappa shape index (κ1) is 14.4. The maximum absolute atomic E-state index is 6.06. The number of rotatable bonds is 4. The molecule has 1 saturated carbocycles. The minimum Gasteiger partial charge on any atom is -0.490 e. The third-order valence-corrected chi connectivity index (χ3v) is 4.75. The van der Waals surface area contributed by atoms with Crippen LogP contribution in [0.5, 0.6) is 5.75 Å². The molecular formula is C14H18Br2O2. The summed E-state index contributed by atoms with van der Waals surface area (Å²) in [6.07, 6.45) is 5.10. The highest BCUT2D eigenvalue weighted by Gasteiger charge is 2.23. The second-order valence-corrected chi connectivity index (χ2v) is 6.07. The van der Waals surface area contributed by atoms with Gasteiger partial charge >= 0.3 is 0 Å². The van der Waals surface area contributed by atoms with Crippen molar-refractivity contribution in [1.82, 2.24) is 0 Å². The molecule has 0 heterocycles. The zero-order valence-electron chi connectivity index (χ0n) is 10.5. The second kappa shape index (κ2) is 6.92. The minimum absolute atomic E-state index is 0.285. The lowest BCUT2D eigenvalue weighted by Gasteiger charge is -2.28. The van der Waals surface area contributed by atoms with Crippen LogP contribution in [0.2, 0.25) is 0 Å². The number of halogens is 2. The van der Waals surface area contributed by atoms with E-state index in [1.165, 1.54) is 12.0 Å². The maximum Gasteiger partial charge on any atom is 0.120 e. The first-order chi connectivity index (χ1) is 8.72. The molecule has 0 radical (unpaired) electrons. The summed E-state index contributed by atoms with van der Waals surface area (Å²) in [6, 6.07) is 6.16.